The minimum atomic E-state index is -0.181. The van der Waals surface area contributed by atoms with Crippen molar-refractivity contribution in [1.82, 2.24) is 24.8 Å². The zero-order chi connectivity index (χ0) is 20.8. The number of aryl methyl sites for hydroxylation is 1. The Kier molecular flexibility index (Phi) is 4.72. The van der Waals surface area contributed by atoms with Gasteiger partial charge in [-0.1, -0.05) is 17.8 Å². The second-order valence-corrected chi connectivity index (χ2v) is 9.70. The van der Waals surface area contributed by atoms with Crippen LogP contribution in [0.15, 0.2) is 49.6 Å². The molecular weight excluding hydrogens is 440 g/mol. The van der Waals surface area contributed by atoms with Gasteiger partial charge in [0, 0.05) is 15.8 Å². The van der Waals surface area contributed by atoms with Crippen LogP contribution in [0.25, 0.3) is 32.0 Å². The van der Waals surface area contributed by atoms with E-state index in [1.54, 1.807) is 23.7 Å². The quantitative estimate of drug-likeness (QED) is 0.297. The number of aromatic nitrogens is 5. The molecule has 0 aliphatic heterocycles. The van der Waals surface area contributed by atoms with E-state index in [4.69, 9.17) is 15.2 Å². The molecule has 0 saturated carbocycles. The smallest absolute Gasteiger partial charge is 0.260 e. The minimum absolute atomic E-state index is 0.143. The van der Waals surface area contributed by atoms with Crippen LogP contribution in [0.4, 0.5) is 0 Å². The van der Waals surface area contributed by atoms with Crippen molar-refractivity contribution in [3.8, 4) is 21.8 Å². The van der Waals surface area contributed by atoms with E-state index in [-0.39, 0.29) is 10.8 Å². The lowest BCUT2D eigenvalue weighted by molar-refractivity contribution is 0.535. The maximum atomic E-state index is 12.8. The van der Waals surface area contributed by atoms with E-state index >= 15 is 0 Å². The summed E-state index contributed by atoms with van der Waals surface area (Å²) in [6.45, 7) is 3.79. The summed E-state index contributed by atoms with van der Waals surface area (Å²) in [5.41, 5.74) is 1.57. The predicted molar refractivity (Wildman–Crippen MR) is 120 cm³/mol. The number of nitrogens with zero attached hydrogens (tertiary/aromatic N) is 4. The number of hydrogen-bond acceptors (Lipinski definition) is 9. The van der Waals surface area contributed by atoms with E-state index in [0.29, 0.717) is 27.0 Å². The van der Waals surface area contributed by atoms with E-state index < -0.39 is 0 Å². The van der Waals surface area contributed by atoms with E-state index in [1.165, 1.54) is 27.8 Å². The lowest BCUT2D eigenvalue weighted by Gasteiger charge is -2.10. The van der Waals surface area contributed by atoms with E-state index in [1.807, 2.05) is 36.7 Å². The molecule has 0 saturated heterocycles. The fourth-order valence-corrected chi connectivity index (χ4v) is 5.74. The molecule has 0 bridgehead atoms. The van der Waals surface area contributed by atoms with Crippen molar-refractivity contribution in [1.29, 1.82) is 0 Å². The molecule has 1 unspecified atom stereocenters. The predicted octanol–water partition coefficient (Wildman–Crippen LogP) is 4.44. The van der Waals surface area contributed by atoms with Crippen molar-refractivity contribution >= 4 is 44.7 Å². The molecule has 152 valence electrons. The van der Waals surface area contributed by atoms with Crippen LogP contribution in [0, 0.1) is 6.92 Å². The maximum absolute atomic E-state index is 12.8. The molecule has 5 aromatic heterocycles. The number of nitrogens with one attached hydrogen (secondary N) is 1. The molecule has 0 spiro atoms. The summed E-state index contributed by atoms with van der Waals surface area (Å²) in [6, 6.07) is 5.78. The average Bonchev–Trinajstić information content (AvgIpc) is 3.50. The lowest BCUT2D eigenvalue weighted by atomic mass is 10.2. The molecule has 0 radical (unpaired) electrons. The normalized spacial score (nSPS) is 12.6. The van der Waals surface area contributed by atoms with Crippen LogP contribution in [0.1, 0.15) is 23.8 Å². The number of aromatic amines is 1. The first-order valence-electron chi connectivity index (χ1n) is 9.00. The average molecular weight is 457 g/mol. The third kappa shape index (κ3) is 3.15. The fraction of sp³-hybridized carbons (Fsp3) is 0.158. The number of rotatable bonds is 5. The van der Waals surface area contributed by atoms with Gasteiger partial charge in [0.2, 0.25) is 5.16 Å². The minimum Gasteiger partial charge on any atom is -0.469 e. The zero-order valence-corrected chi connectivity index (χ0v) is 18.4. The largest absolute Gasteiger partial charge is 0.469 e. The standard InChI is InChI=1S/C19H16N6O2S3/c1-9-11(5-6-27-9)16-23-24-19(25(16)20)30-10(2)15-21-17(26)14-12(8-29-18(14)22-15)13-4-3-7-28-13/h3-8,10H,20H2,1-2H3,(H,21,22,26). The molecule has 0 amide bonds. The Balaban J connectivity index is 1.46. The molecule has 5 aromatic rings. The number of nitrogen functional groups attached to an aromatic ring is 1. The van der Waals surface area contributed by atoms with Crippen molar-refractivity contribution in [2.45, 2.75) is 24.3 Å². The van der Waals surface area contributed by atoms with Crippen molar-refractivity contribution in [3.05, 3.63) is 57.2 Å². The Morgan fingerprint density at radius 1 is 1.27 bits per heavy atom. The third-order valence-electron chi connectivity index (χ3n) is 4.68. The van der Waals surface area contributed by atoms with Crippen LogP contribution >= 0.6 is 34.4 Å². The van der Waals surface area contributed by atoms with Crippen LogP contribution in [-0.2, 0) is 0 Å². The number of fused-ring (bicyclic) bond motifs is 1. The van der Waals surface area contributed by atoms with E-state index in [9.17, 15) is 4.79 Å². The lowest BCUT2D eigenvalue weighted by Crippen LogP contribution is -2.14. The van der Waals surface area contributed by atoms with Crippen LogP contribution in [0.5, 0.6) is 0 Å². The Labute approximate surface area is 182 Å². The molecule has 11 heteroatoms. The van der Waals surface area contributed by atoms with Gasteiger partial charge < -0.3 is 15.2 Å². The molecule has 8 nitrogen and oxygen atoms in total. The van der Waals surface area contributed by atoms with E-state index in [2.05, 4.69) is 15.2 Å². The first-order valence-corrected chi connectivity index (χ1v) is 11.6. The number of nitrogens with two attached hydrogens (primary N) is 1. The van der Waals surface area contributed by atoms with Gasteiger partial charge in [-0.3, -0.25) is 4.79 Å². The van der Waals surface area contributed by atoms with Gasteiger partial charge in [0.25, 0.3) is 5.56 Å². The SMILES string of the molecule is Cc1occc1-c1nnc(SC(C)c2nc3scc(-c4cccs4)c3c(=O)[nH]2)n1N. The second-order valence-electron chi connectivity index (χ2n) is 6.58. The first kappa shape index (κ1) is 19.1. The van der Waals surface area contributed by atoms with Gasteiger partial charge in [-0.2, -0.15) is 0 Å². The highest BCUT2D eigenvalue weighted by Gasteiger charge is 2.21. The van der Waals surface area contributed by atoms with Crippen molar-refractivity contribution in [3.63, 3.8) is 0 Å². The summed E-state index contributed by atoms with van der Waals surface area (Å²) in [7, 11) is 0. The topological polar surface area (TPSA) is 116 Å². The molecule has 1 atom stereocenters. The molecular formula is C19H16N6O2S3. The van der Waals surface area contributed by atoms with Crippen molar-refractivity contribution in [2.24, 2.45) is 0 Å². The monoisotopic (exact) mass is 456 g/mol. The maximum Gasteiger partial charge on any atom is 0.260 e. The fourth-order valence-electron chi connectivity index (χ4n) is 3.14. The van der Waals surface area contributed by atoms with Crippen molar-refractivity contribution < 1.29 is 4.42 Å². The number of furan rings is 1. The van der Waals surface area contributed by atoms with Gasteiger partial charge in [0.1, 0.15) is 16.4 Å². The molecule has 0 aromatic carbocycles. The third-order valence-corrected chi connectivity index (χ3v) is 7.52. The molecule has 0 aliphatic carbocycles. The van der Waals surface area contributed by atoms with Gasteiger partial charge in [-0.25, -0.2) is 9.66 Å². The summed E-state index contributed by atoms with van der Waals surface area (Å²) in [4.78, 5) is 22.2. The van der Waals surface area contributed by atoms with Gasteiger partial charge in [-0.05, 0) is 31.4 Å². The van der Waals surface area contributed by atoms with Gasteiger partial charge in [0.15, 0.2) is 5.82 Å². The van der Waals surface area contributed by atoms with E-state index in [0.717, 1.165) is 21.8 Å². The van der Waals surface area contributed by atoms with Gasteiger partial charge >= 0.3 is 0 Å². The summed E-state index contributed by atoms with van der Waals surface area (Å²) < 4.78 is 6.75. The Morgan fingerprint density at radius 2 is 2.13 bits per heavy atom. The Hall–Kier alpha value is -2.89. The Bertz CT molecular complexity index is 1400. The molecule has 30 heavy (non-hydrogen) atoms. The summed E-state index contributed by atoms with van der Waals surface area (Å²) in [6.07, 6.45) is 1.59. The summed E-state index contributed by atoms with van der Waals surface area (Å²) in [5, 5.41) is 13.3. The van der Waals surface area contributed by atoms with Crippen LogP contribution < -0.4 is 11.4 Å². The molecule has 0 fully saturated rings. The molecule has 5 rings (SSSR count). The highest BCUT2D eigenvalue weighted by atomic mass is 32.2. The molecule has 5 heterocycles. The van der Waals surface area contributed by atoms with Crippen LogP contribution in [-0.4, -0.2) is 24.8 Å². The number of thioether (sulfide) groups is 1. The molecule has 3 N–H and O–H groups in total. The number of thiophene rings is 2. The van der Waals surface area contributed by atoms with Gasteiger partial charge in [0.05, 0.1) is 22.5 Å². The Morgan fingerprint density at radius 3 is 2.87 bits per heavy atom. The van der Waals surface area contributed by atoms with Crippen LogP contribution in [0.2, 0.25) is 0 Å². The zero-order valence-electron chi connectivity index (χ0n) is 15.9. The first-order chi connectivity index (χ1) is 14.5. The summed E-state index contributed by atoms with van der Waals surface area (Å²) >= 11 is 4.45. The highest BCUT2D eigenvalue weighted by molar-refractivity contribution is 7.99. The summed E-state index contributed by atoms with van der Waals surface area (Å²) in [5.74, 6) is 8.02. The second kappa shape index (κ2) is 7.42. The number of H-pyrrole nitrogens is 1. The number of hydrogen-bond donors (Lipinski definition) is 2. The highest BCUT2D eigenvalue weighted by Crippen LogP contribution is 2.36. The van der Waals surface area contributed by atoms with Crippen LogP contribution in [0.3, 0.4) is 0 Å². The van der Waals surface area contributed by atoms with Crippen molar-refractivity contribution in [2.75, 3.05) is 5.84 Å². The van der Waals surface area contributed by atoms with Gasteiger partial charge in [-0.15, -0.1) is 32.9 Å². The molecule has 0 aliphatic rings.